The van der Waals surface area contributed by atoms with Crippen LogP contribution in [0.5, 0.6) is 0 Å². The normalized spacial score (nSPS) is 18.2. The fraction of sp³-hybridized carbons (Fsp3) is 0.312. The third kappa shape index (κ3) is 2.33. The molecule has 1 aliphatic rings. The van der Waals surface area contributed by atoms with Gasteiger partial charge in [-0.3, -0.25) is 4.98 Å². The zero-order valence-electron chi connectivity index (χ0n) is 11.0. The Kier molecular flexibility index (Phi) is 3.43. The zero-order chi connectivity index (χ0) is 13.2. The van der Waals surface area contributed by atoms with Crippen LogP contribution in [0.15, 0.2) is 42.7 Å². The van der Waals surface area contributed by atoms with Gasteiger partial charge in [0.15, 0.2) is 0 Å². The first-order chi connectivity index (χ1) is 9.29. The molecule has 98 valence electrons. The number of para-hydroxylation sites is 1. The monoisotopic (exact) mass is 272 g/mol. The molecule has 2 heterocycles. The van der Waals surface area contributed by atoms with E-state index in [9.17, 15) is 0 Å². The van der Waals surface area contributed by atoms with Crippen molar-refractivity contribution in [3.8, 4) is 0 Å². The zero-order valence-corrected chi connectivity index (χ0v) is 11.8. The topological polar surface area (TPSA) is 16.1 Å². The van der Waals surface area contributed by atoms with Crippen LogP contribution in [-0.2, 0) is 12.3 Å². The second-order valence-corrected chi connectivity index (χ2v) is 5.45. The molecule has 1 aromatic carbocycles. The molecule has 0 radical (unpaired) electrons. The summed E-state index contributed by atoms with van der Waals surface area (Å²) in [5.41, 5.74) is 4.97. The highest BCUT2D eigenvalue weighted by molar-refractivity contribution is 6.17. The highest BCUT2D eigenvalue weighted by Crippen LogP contribution is 2.36. The van der Waals surface area contributed by atoms with E-state index in [2.05, 4.69) is 41.1 Å². The predicted octanol–water partition coefficient (Wildman–Crippen LogP) is 4.15. The van der Waals surface area contributed by atoms with Crippen LogP contribution in [0.25, 0.3) is 0 Å². The van der Waals surface area contributed by atoms with Crippen molar-refractivity contribution in [3.05, 3.63) is 53.9 Å². The van der Waals surface area contributed by atoms with E-state index in [1.165, 1.54) is 11.3 Å². The lowest BCUT2D eigenvalue weighted by molar-refractivity contribution is 0.561. The van der Waals surface area contributed by atoms with E-state index in [1.54, 1.807) is 6.20 Å². The molecule has 3 heteroatoms. The smallest absolute Gasteiger partial charge is 0.0642 e. The maximum atomic E-state index is 6.06. The van der Waals surface area contributed by atoms with Crippen molar-refractivity contribution in [1.29, 1.82) is 0 Å². The minimum absolute atomic E-state index is 0.519. The Balaban J connectivity index is 2.10. The number of rotatable bonds is 2. The van der Waals surface area contributed by atoms with Crippen molar-refractivity contribution >= 4 is 23.0 Å². The predicted molar refractivity (Wildman–Crippen MR) is 80.1 cm³/mol. The van der Waals surface area contributed by atoms with Crippen LogP contribution in [0.1, 0.15) is 18.1 Å². The lowest BCUT2D eigenvalue weighted by Gasteiger charge is -2.35. The van der Waals surface area contributed by atoms with Gasteiger partial charge in [-0.2, -0.15) is 0 Å². The number of anilines is 2. The Labute approximate surface area is 119 Å². The standard InChI is InChI=1S/C16H17ClN2/c1-12-8-13-4-2-3-5-15(13)19(11-12)16-10-18-7-6-14(16)9-17/h2-7,10,12H,8-9,11H2,1H3. The lowest BCUT2D eigenvalue weighted by Crippen LogP contribution is -2.31. The first-order valence-corrected chi connectivity index (χ1v) is 7.17. The van der Waals surface area contributed by atoms with Crippen molar-refractivity contribution in [2.24, 2.45) is 5.92 Å². The second-order valence-electron chi connectivity index (χ2n) is 5.19. The molecule has 0 amide bonds. The summed E-state index contributed by atoms with van der Waals surface area (Å²) in [6.07, 6.45) is 4.87. The van der Waals surface area contributed by atoms with Gasteiger partial charge in [0, 0.05) is 24.3 Å². The van der Waals surface area contributed by atoms with Gasteiger partial charge in [0.05, 0.1) is 11.9 Å². The Morgan fingerprint density at radius 1 is 1.26 bits per heavy atom. The molecule has 1 atom stereocenters. The van der Waals surface area contributed by atoms with Gasteiger partial charge in [0.25, 0.3) is 0 Å². The molecule has 0 bridgehead atoms. The molecule has 1 aromatic heterocycles. The summed E-state index contributed by atoms with van der Waals surface area (Å²) in [6, 6.07) is 10.6. The molecular weight excluding hydrogens is 256 g/mol. The molecule has 2 nitrogen and oxygen atoms in total. The highest BCUT2D eigenvalue weighted by atomic mass is 35.5. The quantitative estimate of drug-likeness (QED) is 0.764. The molecule has 3 rings (SSSR count). The summed E-state index contributed by atoms with van der Waals surface area (Å²) in [5.74, 6) is 1.16. The number of alkyl halides is 1. The van der Waals surface area contributed by atoms with Crippen LogP contribution in [0.4, 0.5) is 11.4 Å². The fourth-order valence-electron chi connectivity index (χ4n) is 2.80. The van der Waals surface area contributed by atoms with E-state index < -0.39 is 0 Å². The van der Waals surface area contributed by atoms with Crippen molar-refractivity contribution < 1.29 is 0 Å². The average molecular weight is 273 g/mol. The average Bonchev–Trinajstić information content (AvgIpc) is 2.46. The molecular formula is C16H17ClN2. The summed E-state index contributed by atoms with van der Waals surface area (Å²) in [7, 11) is 0. The number of benzene rings is 1. The minimum atomic E-state index is 0.519. The fourth-order valence-corrected chi connectivity index (χ4v) is 3.02. The molecule has 19 heavy (non-hydrogen) atoms. The van der Waals surface area contributed by atoms with Crippen LogP contribution in [-0.4, -0.2) is 11.5 Å². The van der Waals surface area contributed by atoms with Crippen LogP contribution in [0.3, 0.4) is 0 Å². The van der Waals surface area contributed by atoms with Crippen molar-refractivity contribution in [3.63, 3.8) is 0 Å². The van der Waals surface area contributed by atoms with Crippen LogP contribution < -0.4 is 4.90 Å². The number of aromatic nitrogens is 1. The second kappa shape index (κ2) is 5.22. The number of nitrogens with zero attached hydrogens (tertiary/aromatic N) is 2. The Morgan fingerprint density at radius 3 is 2.95 bits per heavy atom. The van der Waals surface area contributed by atoms with Gasteiger partial charge >= 0.3 is 0 Å². The SMILES string of the molecule is CC1Cc2ccccc2N(c2cnccc2CCl)C1. The number of pyridine rings is 1. The largest absolute Gasteiger partial charge is 0.339 e. The van der Waals surface area contributed by atoms with Crippen molar-refractivity contribution in [2.45, 2.75) is 19.2 Å². The van der Waals surface area contributed by atoms with Gasteiger partial charge in [-0.05, 0) is 35.6 Å². The van der Waals surface area contributed by atoms with Crippen molar-refractivity contribution in [2.75, 3.05) is 11.4 Å². The van der Waals surface area contributed by atoms with Crippen LogP contribution in [0.2, 0.25) is 0 Å². The summed E-state index contributed by atoms with van der Waals surface area (Å²) in [6.45, 7) is 3.31. The first kappa shape index (κ1) is 12.5. The third-order valence-corrected chi connectivity index (χ3v) is 3.96. The molecule has 2 aromatic rings. The summed E-state index contributed by atoms with van der Waals surface area (Å²) in [5, 5.41) is 0. The highest BCUT2D eigenvalue weighted by Gasteiger charge is 2.23. The number of hydrogen-bond acceptors (Lipinski definition) is 2. The molecule has 0 N–H and O–H groups in total. The number of hydrogen-bond donors (Lipinski definition) is 0. The van der Waals surface area contributed by atoms with E-state index in [0.717, 1.165) is 24.2 Å². The van der Waals surface area contributed by atoms with E-state index in [1.807, 2.05) is 12.3 Å². The Hall–Kier alpha value is -1.54. The van der Waals surface area contributed by atoms with Gasteiger partial charge in [0.2, 0.25) is 0 Å². The van der Waals surface area contributed by atoms with Gasteiger partial charge in [-0.25, -0.2) is 0 Å². The summed E-state index contributed by atoms with van der Waals surface area (Å²) in [4.78, 5) is 6.62. The van der Waals surface area contributed by atoms with E-state index >= 15 is 0 Å². The van der Waals surface area contributed by atoms with Gasteiger partial charge < -0.3 is 4.90 Å². The first-order valence-electron chi connectivity index (χ1n) is 6.64. The molecule has 0 fully saturated rings. The van der Waals surface area contributed by atoms with E-state index in [0.29, 0.717) is 11.8 Å². The molecule has 1 aliphatic heterocycles. The summed E-state index contributed by atoms with van der Waals surface area (Å²) >= 11 is 6.06. The molecule has 0 saturated heterocycles. The molecule has 0 aliphatic carbocycles. The maximum Gasteiger partial charge on any atom is 0.0642 e. The molecule has 0 spiro atoms. The number of halogens is 1. The summed E-state index contributed by atoms with van der Waals surface area (Å²) < 4.78 is 0. The molecule has 1 unspecified atom stereocenters. The lowest BCUT2D eigenvalue weighted by atomic mass is 9.93. The minimum Gasteiger partial charge on any atom is -0.339 e. The van der Waals surface area contributed by atoms with E-state index in [-0.39, 0.29) is 0 Å². The Morgan fingerprint density at radius 2 is 2.11 bits per heavy atom. The van der Waals surface area contributed by atoms with Crippen LogP contribution >= 0.6 is 11.6 Å². The Bertz CT molecular complexity index is 582. The number of fused-ring (bicyclic) bond motifs is 1. The van der Waals surface area contributed by atoms with E-state index in [4.69, 9.17) is 11.6 Å². The van der Waals surface area contributed by atoms with Gasteiger partial charge in [-0.15, -0.1) is 11.6 Å². The van der Waals surface area contributed by atoms with Gasteiger partial charge in [0.1, 0.15) is 0 Å². The molecule has 0 saturated carbocycles. The third-order valence-electron chi connectivity index (χ3n) is 3.67. The van der Waals surface area contributed by atoms with Gasteiger partial charge in [-0.1, -0.05) is 25.1 Å². The van der Waals surface area contributed by atoms with Crippen LogP contribution in [0, 0.1) is 5.92 Å². The van der Waals surface area contributed by atoms with Crippen molar-refractivity contribution in [1.82, 2.24) is 4.98 Å². The maximum absolute atomic E-state index is 6.06.